The standard InChI is InChI=1S/C14H27N5/c1-11(2)8-19-14(16-10-17-19)9-18(3)13-6-4-5-12(13)7-15/h10-13H,4-9,15H2,1-3H3. The molecule has 1 fully saturated rings. The Balaban J connectivity index is 1.98. The minimum absolute atomic E-state index is 0.592. The van der Waals surface area contributed by atoms with Crippen LogP contribution in [0.5, 0.6) is 0 Å². The largest absolute Gasteiger partial charge is 0.330 e. The molecule has 1 aliphatic rings. The highest BCUT2D eigenvalue weighted by Crippen LogP contribution is 2.29. The second-order valence-corrected chi connectivity index (χ2v) is 6.16. The maximum absolute atomic E-state index is 5.87. The maximum Gasteiger partial charge on any atom is 0.141 e. The summed E-state index contributed by atoms with van der Waals surface area (Å²) in [6.07, 6.45) is 5.50. The zero-order valence-corrected chi connectivity index (χ0v) is 12.4. The lowest BCUT2D eigenvalue weighted by Crippen LogP contribution is -2.38. The minimum atomic E-state index is 0.592. The van der Waals surface area contributed by atoms with E-state index in [1.165, 1.54) is 19.3 Å². The van der Waals surface area contributed by atoms with Crippen molar-refractivity contribution in [3.05, 3.63) is 12.2 Å². The van der Waals surface area contributed by atoms with Gasteiger partial charge in [0, 0.05) is 12.6 Å². The van der Waals surface area contributed by atoms with E-state index in [-0.39, 0.29) is 0 Å². The van der Waals surface area contributed by atoms with E-state index in [9.17, 15) is 0 Å². The second-order valence-electron chi connectivity index (χ2n) is 6.16. The molecule has 2 N–H and O–H groups in total. The summed E-state index contributed by atoms with van der Waals surface area (Å²) in [4.78, 5) is 6.82. The summed E-state index contributed by atoms with van der Waals surface area (Å²) < 4.78 is 2.04. The quantitative estimate of drug-likeness (QED) is 0.846. The van der Waals surface area contributed by atoms with Crippen LogP contribution in [-0.2, 0) is 13.1 Å². The average molecular weight is 265 g/mol. The fourth-order valence-electron chi connectivity index (χ4n) is 3.12. The molecule has 1 aliphatic carbocycles. The lowest BCUT2D eigenvalue weighted by atomic mass is 10.0. The summed E-state index contributed by atoms with van der Waals surface area (Å²) in [6.45, 7) is 7.02. The van der Waals surface area contributed by atoms with Gasteiger partial charge >= 0.3 is 0 Å². The van der Waals surface area contributed by atoms with Crippen molar-refractivity contribution in [2.75, 3.05) is 13.6 Å². The molecule has 2 unspecified atom stereocenters. The Bertz CT molecular complexity index is 387. The number of nitrogens with zero attached hydrogens (tertiary/aromatic N) is 4. The molecule has 1 aromatic heterocycles. The number of hydrogen-bond donors (Lipinski definition) is 1. The molecule has 0 spiro atoms. The Kier molecular flexibility index (Phi) is 4.93. The highest BCUT2D eigenvalue weighted by molar-refractivity contribution is 4.90. The molecule has 0 amide bonds. The Hall–Kier alpha value is -0.940. The molecule has 1 saturated carbocycles. The summed E-state index contributed by atoms with van der Waals surface area (Å²) in [6, 6.07) is 0.606. The van der Waals surface area contributed by atoms with Gasteiger partial charge in [0.05, 0.1) is 6.54 Å². The van der Waals surface area contributed by atoms with Gasteiger partial charge in [-0.25, -0.2) is 9.67 Å². The Morgan fingerprint density at radius 1 is 1.47 bits per heavy atom. The third-order valence-corrected chi connectivity index (χ3v) is 4.11. The van der Waals surface area contributed by atoms with Crippen molar-refractivity contribution in [2.45, 2.75) is 52.2 Å². The lowest BCUT2D eigenvalue weighted by Gasteiger charge is -2.28. The SMILES string of the molecule is CC(C)Cn1ncnc1CN(C)C1CCCC1CN. The van der Waals surface area contributed by atoms with Crippen LogP contribution in [0.15, 0.2) is 6.33 Å². The van der Waals surface area contributed by atoms with Crippen LogP contribution >= 0.6 is 0 Å². The van der Waals surface area contributed by atoms with Crippen molar-refractivity contribution >= 4 is 0 Å². The molecule has 2 rings (SSSR count). The number of aromatic nitrogens is 3. The third kappa shape index (κ3) is 3.54. The topological polar surface area (TPSA) is 60.0 Å². The first-order valence-corrected chi connectivity index (χ1v) is 7.38. The van der Waals surface area contributed by atoms with E-state index >= 15 is 0 Å². The van der Waals surface area contributed by atoms with Crippen molar-refractivity contribution in [2.24, 2.45) is 17.6 Å². The van der Waals surface area contributed by atoms with Crippen LogP contribution < -0.4 is 5.73 Å². The van der Waals surface area contributed by atoms with Gasteiger partial charge in [0.1, 0.15) is 12.2 Å². The predicted octanol–water partition coefficient (Wildman–Crippen LogP) is 1.49. The van der Waals surface area contributed by atoms with E-state index in [0.29, 0.717) is 17.9 Å². The van der Waals surface area contributed by atoms with Crippen LogP contribution in [0.2, 0.25) is 0 Å². The van der Waals surface area contributed by atoms with Gasteiger partial charge in [0.15, 0.2) is 0 Å². The molecule has 1 heterocycles. The molecular weight excluding hydrogens is 238 g/mol. The van der Waals surface area contributed by atoms with Crippen LogP contribution in [0.3, 0.4) is 0 Å². The van der Waals surface area contributed by atoms with E-state index in [1.807, 2.05) is 4.68 Å². The summed E-state index contributed by atoms with van der Waals surface area (Å²) in [7, 11) is 2.19. The molecule has 2 atom stereocenters. The highest BCUT2D eigenvalue weighted by atomic mass is 15.3. The first kappa shape index (κ1) is 14.5. The molecule has 5 heteroatoms. The van der Waals surface area contributed by atoms with E-state index < -0.39 is 0 Å². The number of rotatable bonds is 6. The van der Waals surface area contributed by atoms with Gasteiger partial charge in [-0.15, -0.1) is 0 Å². The molecule has 1 aromatic rings. The molecular formula is C14H27N5. The number of nitrogens with two attached hydrogens (primary N) is 1. The van der Waals surface area contributed by atoms with Crippen LogP contribution in [0.4, 0.5) is 0 Å². The van der Waals surface area contributed by atoms with Gasteiger partial charge in [0.2, 0.25) is 0 Å². The summed E-state index contributed by atoms with van der Waals surface area (Å²) in [5.41, 5.74) is 5.87. The van der Waals surface area contributed by atoms with Crippen molar-refractivity contribution in [1.29, 1.82) is 0 Å². The van der Waals surface area contributed by atoms with E-state index in [4.69, 9.17) is 5.73 Å². The Morgan fingerprint density at radius 3 is 2.95 bits per heavy atom. The van der Waals surface area contributed by atoms with Crippen molar-refractivity contribution in [3.63, 3.8) is 0 Å². The average Bonchev–Trinajstić information content (AvgIpc) is 2.97. The van der Waals surface area contributed by atoms with Crippen LogP contribution in [0, 0.1) is 11.8 Å². The van der Waals surface area contributed by atoms with E-state index in [1.54, 1.807) is 6.33 Å². The minimum Gasteiger partial charge on any atom is -0.330 e. The first-order chi connectivity index (χ1) is 9.11. The summed E-state index contributed by atoms with van der Waals surface area (Å²) in [5, 5.41) is 4.33. The van der Waals surface area contributed by atoms with Crippen LogP contribution in [0.1, 0.15) is 38.9 Å². The molecule has 0 aliphatic heterocycles. The van der Waals surface area contributed by atoms with E-state index in [0.717, 1.165) is 25.5 Å². The molecule has 108 valence electrons. The van der Waals surface area contributed by atoms with Crippen molar-refractivity contribution < 1.29 is 0 Å². The van der Waals surface area contributed by atoms with Gasteiger partial charge < -0.3 is 5.73 Å². The Labute approximate surface area is 116 Å². The fourth-order valence-corrected chi connectivity index (χ4v) is 3.12. The monoisotopic (exact) mass is 265 g/mol. The highest BCUT2D eigenvalue weighted by Gasteiger charge is 2.29. The van der Waals surface area contributed by atoms with E-state index in [2.05, 4.69) is 35.9 Å². The lowest BCUT2D eigenvalue weighted by molar-refractivity contribution is 0.185. The van der Waals surface area contributed by atoms with Gasteiger partial charge in [-0.05, 0) is 38.3 Å². The van der Waals surface area contributed by atoms with Gasteiger partial charge in [-0.2, -0.15) is 5.10 Å². The molecule has 0 radical (unpaired) electrons. The first-order valence-electron chi connectivity index (χ1n) is 7.38. The van der Waals surface area contributed by atoms with Gasteiger partial charge in [-0.1, -0.05) is 20.3 Å². The van der Waals surface area contributed by atoms with Crippen LogP contribution in [0.25, 0.3) is 0 Å². The summed E-state index contributed by atoms with van der Waals surface area (Å²) >= 11 is 0. The van der Waals surface area contributed by atoms with Gasteiger partial charge in [-0.3, -0.25) is 4.90 Å². The molecule has 0 bridgehead atoms. The number of hydrogen-bond acceptors (Lipinski definition) is 4. The van der Waals surface area contributed by atoms with Crippen LogP contribution in [-0.4, -0.2) is 39.3 Å². The van der Waals surface area contributed by atoms with Crippen molar-refractivity contribution in [3.8, 4) is 0 Å². The molecule has 19 heavy (non-hydrogen) atoms. The molecule has 0 aromatic carbocycles. The zero-order chi connectivity index (χ0) is 13.8. The third-order valence-electron chi connectivity index (χ3n) is 4.11. The molecule has 5 nitrogen and oxygen atoms in total. The predicted molar refractivity (Wildman–Crippen MR) is 76.5 cm³/mol. The fraction of sp³-hybridized carbons (Fsp3) is 0.857. The van der Waals surface area contributed by atoms with Gasteiger partial charge in [0.25, 0.3) is 0 Å². The summed E-state index contributed by atoms with van der Waals surface area (Å²) in [5.74, 6) is 2.30. The second kappa shape index (κ2) is 6.48. The zero-order valence-electron chi connectivity index (χ0n) is 12.4. The molecule has 0 saturated heterocycles. The maximum atomic E-state index is 5.87. The van der Waals surface area contributed by atoms with Crippen molar-refractivity contribution in [1.82, 2.24) is 19.7 Å². The smallest absolute Gasteiger partial charge is 0.141 e. The Morgan fingerprint density at radius 2 is 2.26 bits per heavy atom. The normalized spacial score (nSPS) is 23.7.